The lowest BCUT2D eigenvalue weighted by Gasteiger charge is -2.19. The summed E-state index contributed by atoms with van der Waals surface area (Å²) in [6.07, 6.45) is -16.2. The van der Waals surface area contributed by atoms with Crippen LogP contribution in [0.5, 0.6) is 11.5 Å². The van der Waals surface area contributed by atoms with Gasteiger partial charge < -0.3 is 10.1 Å². The fourth-order valence-electron chi connectivity index (χ4n) is 3.24. The first-order chi connectivity index (χ1) is 18.3. The minimum atomic E-state index is -5.50. The SMILES string of the molecule is O=C(NO)c1cc(NC(=O)c2c(Oc3ccc(C(F)(F)F)cc3C(F)(F)F)ccc(C(F)(F)F)c2F)ccc1F. The predicted molar refractivity (Wildman–Crippen MR) is 112 cm³/mol. The number of carbonyl (C=O) groups is 2. The fraction of sp³-hybridized carbons (Fsp3) is 0.130. The second-order valence-corrected chi connectivity index (χ2v) is 7.70. The minimum Gasteiger partial charge on any atom is -0.456 e. The molecule has 40 heavy (non-hydrogen) atoms. The lowest BCUT2D eigenvalue weighted by molar-refractivity contribution is -0.143. The van der Waals surface area contributed by atoms with E-state index >= 15 is 0 Å². The number of rotatable bonds is 5. The van der Waals surface area contributed by atoms with Crippen LogP contribution in [-0.2, 0) is 18.5 Å². The van der Waals surface area contributed by atoms with E-state index in [0.29, 0.717) is 12.1 Å². The molecule has 17 heteroatoms. The molecule has 3 N–H and O–H groups in total. The number of hydrogen-bond donors (Lipinski definition) is 3. The van der Waals surface area contributed by atoms with Crippen molar-refractivity contribution in [3.8, 4) is 11.5 Å². The quantitative estimate of drug-likeness (QED) is 0.167. The van der Waals surface area contributed by atoms with Crippen molar-refractivity contribution in [2.45, 2.75) is 18.5 Å². The van der Waals surface area contributed by atoms with Gasteiger partial charge in [-0.25, -0.2) is 14.3 Å². The second-order valence-electron chi connectivity index (χ2n) is 7.70. The molecule has 0 saturated carbocycles. The van der Waals surface area contributed by atoms with Crippen LogP contribution in [0.3, 0.4) is 0 Å². The van der Waals surface area contributed by atoms with E-state index in [0.717, 1.165) is 11.5 Å². The summed E-state index contributed by atoms with van der Waals surface area (Å²) < 4.78 is 153. The predicted octanol–water partition coefficient (Wildman–Crippen LogP) is 7.18. The number of carbonyl (C=O) groups excluding carboxylic acids is 2. The Bertz CT molecular complexity index is 1460. The fourth-order valence-corrected chi connectivity index (χ4v) is 3.24. The molecule has 0 fully saturated rings. The van der Waals surface area contributed by atoms with Crippen molar-refractivity contribution in [3.63, 3.8) is 0 Å². The number of nitrogens with one attached hydrogen (secondary N) is 2. The Balaban J connectivity index is 2.15. The lowest BCUT2D eigenvalue weighted by Crippen LogP contribution is -2.21. The van der Waals surface area contributed by atoms with Crippen molar-refractivity contribution in [1.82, 2.24) is 5.48 Å². The highest BCUT2D eigenvalue weighted by Crippen LogP contribution is 2.43. The van der Waals surface area contributed by atoms with E-state index in [2.05, 4.69) is 0 Å². The van der Waals surface area contributed by atoms with Gasteiger partial charge >= 0.3 is 18.5 Å². The van der Waals surface area contributed by atoms with Gasteiger partial charge in [-0.05, 0) is 48.5 Å². The highest BCUT2D eigenvalue weighted by atomic mass is 19.4. The van der Waals surface area contributed by atoms with Crippen LogP contribution < -0.4 is 15.5 Å². The van der Waals surface area contributed by atoms with Crippen LogP contribution in [0.1, 0.15) is 37.4 Å². The molecule has 3 aromatic carbocycles. The van der Waals surface area contributed by atoms with Gasteiger partial charge in [0.1, 0.15) is 22.9 Å². The van der Waals surface area contributed by atoms with Crippen molar-refractivity contribution in [2.75, 3.05) is 5.32 Å². The molecular formula is C23H11F11N2O4. The molecule has 2 amide bonds. The number of benzene rings is 3. The number of halogens is 11. The van der Waals surface area contributed by atoms with E-state index < -0.39 is 87.0 Å². The third-order valence-corrected chi connectivity index (χ3v) is 5.04. The van der Waals surface area contributed by atoms with Crippen molar-refractivity contribution in [1.29, 1.82) is 0 Å². The third kappa shape index (κ3) is 6.41. The van der Waals surface area contributed by atoms with Crippen LogP contribution in [0, 0.1) is 11.6 Å². The van der Waals surface area contributed by atoms with Crippen LogP contribution in [0.25, 0.3) is 0 Å². The van der Waals surface area contributed by atoms with Gasteiger partial charge in [0.05, 0.1) is 22.3 Å². The Labute approximate surface area is 214 Å². The maximum Gasteiger partial charge on any atom is 0.420 e. The number of hydrogen-bond acceptors (Lipinski definition) is 4. The zero-order valence-corrected chi connectivity index (χ0v) is 18.9. The Morgan fingerprint density at radius 3 is 1.85 bits per heavy atom. The number of anilines is 1. The van der Waals surface area contributed by atoms with E-state index in [1.807, 2.05) is 0 Å². The maximum absolute atomic E-state index is 15.0. The van der Waals surface area contributed by atoms with Crippen molar-refractivity contribution >= 4 is 17.5 Å². The average molecular weight is 588 g/mol. The molecule has 0 bridgehead atoms. The summed E-state index contributed by atoms with van der Waals surface area (Å²) >= 11 is 0. The first kappa shape index (κ1) is 30.1. The van der Waals surface area contributed by atoms with Crippen LogP contribution in [0.4, 0.5) is 54.0 Å². The standard InChI is InChI=1S/C23H11F11N2O4/c24-14-4-2-10(8-11(14)19(37)36-39)35-20(38)17-16(6-3-12(18(17)25)22(29,30)31)40-15-5-1-9(21(26,27)28)7-13(15)23(32,33)34/h1-8,39H,(H,35,38)(H,36,37). The molecule has 0 saturated heterocycles. The number of alkyl halides is 9. The van der Waals surface area contributed by atoms with E-state index in [1.54, 1.807) is 5.32 Å². The second kappa shape index (κ2) is 10.6. The van der Waals surface area contributed by atoms with E-state index in [1.165, 1.54) is 0 Å². The molecule has 0 aromatic heterocycles. The van der Waals surface area contributed by atoms with Crippen molar-refractivity contribution < 1.29 is 67.8 Å². The minimum absolute atomic E-state index is 0.0143. The molecule has 0 heterocycles. The summed E-state index contributed by atoms with van der Waals surface area (Å²) in [5, 5.41) is 10.5. The molecule has 0 aliphatic carbocycles. The van der Waals surface area contributed by atoms with Gasteiger partial charge in [0, 0.05) is 5.69 Å². The van der Waals surface area contributed by atoms with Gasteiger partial charge in [-0.2, -0.15) is 39.5 Å². The van der Waals surface area contributed by atoms with Crippen LogP contribution in [-0.4, -0.2) is 17.0 Å². The molecule has 0 aliphatic heterocycles. The molecular weight excluding hydrogens is 577 g/mol. The topological polar surface area (TPSA) is 87.7 Å². The summed E-state index contributed by atoms with van der Waals surface area (Å²) in [6.45, 7) is 0. The van der Waals surface area contributed by atoms with Crippen LogP contribution >= 0.6 is 0 Å². The molecule has 0 radical (unpaired) electrons. The smallest absolute Gasteiger partial charge is 0.420 e. The van der Waals surface area contributed by atoms with Crippen LogP contribution in [0.15, 0.2) is 48.5 Å². The van der Waals surface area contributed by atoms with Gasteiger partial charge in [0.15, 0.2) is 5.82 Å². The van der Waals surface area contributed by atoms with E-state index in [4.69, 9.17) is 9.94 Å². The largest absolute Gasteiger partial charge is 0.456 e. The van der Waals surface area contributed by atoms with Gasteiger partial charge in [0.2, 0.25) is 0 Å². The van der Waals surface area contributed by atoms with Gasteiger partial charge in [-0.15, -0.1) is 0 Å². The molecule has 0 unspecified atom stereocenters. The Morgan fingerprint density at radius 1 is 0.700 bits per heavy atom. The summed E-state index contributed by atoms with van der Waals surface area (Å²) in [7, 11) is 0. The molecule has 214 valence electrons. The summed E-state index contributed by atoms with van der Waals surface area (Å²) in [4.78, 5) is 24.3. The van der Waals surface area contributed by atoms with Crippen molar-refractivity contribution in [2.24, 2.45) is 0 Å². The average Bonchev–Trinajstić information content (AvgIpc) is 2.82. The highest BCUT2D eigenvalue weighted by Gasteiger charge is 2.41. The van der Waals surface area contributed by atoms with Gasteiger partial charge in [-0.3, -0.25) is 14.8 Å². The number of hydroxylamine groups is 1. The Kier molecular flexibility index (Phi) is 8.01. The lowest BCUT2D eigenvalue weighted by atomic mass is 10.1. The molecule has 3 aromatic rings. The van der Waals surface area contributed by atoms with E-state index in [-0.39, 0.29) is 30.3 Å². The maximum atomic E-state index is 15.0. The van der Waals surface area contributed by atoms with E-state index in [9.17, 15) is 57.9 Å². The molecule has 0 aliphatic rings. The van der Waals surface area contributed by atoms with Crippen molar-refractivity contribution in [3.05, 3.63) is 88.0 Å². The zero-order chi connectivity index (χ0) is 30.2. The third-order valence-electron chi connectivity index (χ3n) is 5.04. The molecule has 6 nitrogen and oxygen atoms in total. The first-order valence-electron chi connectivity index (χ1n) is 10.3. The Morgan fingerprint density at radius 2 is 1.30 bits per heavy atom. The summed E-state index contributed by atoms with van der Waals surface area (Å²) in [6, 6.07) is 2.13. The zero-order valence-electron chi connectivity index (χ0n) is 18.9. The molecule has 0 spiro atoms. The van der Waals surface area contributed by atoms with Crippen LogP contribution in [0.2, 0.25) is 0 Å². The van der Waals surface area contributed by atoms with Gasteiger partial charge in [-0.1, -0.05) is 0 Å². The molecule has 0 atom stereocenters. The number of ether oxygens (including phenoxy) is 1. The monoisotopic (exact) mass is 588 g/mol. The number of amides is 2. The first-order valence-corrected chi connectivity index (χ1v) is 10.3. The highest BCUT2D eigenvalue weighted by molar-refractivity contribution is 6.07. The summed E-state index contributed by atoms with van der Waals surface area (Å²) in [5.74, 6) is -9.49. The Hall–Kier alpha value is -4.41. The van der Waals surface area contributed by atoms with Gasteiger partial charge in [0.25, 0.3) is 11.8 Å². The molecule has 3 rings (SSSR count). The summed E-state index contributed by atoms with van der Waals surface area (Å²) in [5.41, 5.74) is -7.88. The normalized spacial score (nSPS) is 12.2.